The Kier molecular flexibility index (Phi) is 7.63. The Bertz CT molecular complexity index is 658. The van der Waals surface area contributed by atoms with Crippen molar-refractivity contribution in [2.75, 3.05) is 39.0 Å². The van der Waals surface area contributed by atoms with Crippen molar-refractivity contribution in [1.82, 2.24) is 20.2 Å². The van der Waals surface area contributed by atoms with Crippen LogP contribution in [0.1, 0.15) is 22.3 Å². The first-order valence-corrected chi connectivity index (χ1v) is 8.65. The van der Waals surface area contributed by atoms with Gasteiger partial charge in [-0.05, 0) is 51.2 Å². The molecule has 134 valence electrons. The van der Waals surface area contributed by atoms with Crippen molar-refractivity contribution in [3.8, 4) is 0 Å². The lowest BCUT2D eigenvalue weighted by Gasteiger charge is -2.10. The molecular weight excluding hydrogens is 338 g/mol. The molecule has 1 aromatic heterocycles. The minimum atomic E-state index is -0.173. The van der Waals surface area contributed by atoms with Crippen LogP contribution >= 0.6 is 11.6 Å². The van der Waals surface area contributed by atoms with Gasteiger partial charge in [-0.1, -0.05) is 23.7 Å². The average Bonchev–Trinajstić information content (AvgIpc) is 2.61. The summed E-state index contributed by atoms with van der Waals surface area (Å²) in [7, 11) is 4.08. The number of anilines is 1. The van der Waals surface area contributed by atoms with E-state index in [1.165, 1.54) is 0 Å². The van der Waals surface area contributed by atoms with Gasteiger partial charge in [0.2, 0.25) is 5.95 Å². The molecule has 0 aliphatic heterocycles. The van der Waals surface area contributed by atoms with Gasteiger partial charge in [-0.25, -0.2) is 9.97 Å². The van der Waals surface area contributed by atoms with Gasteiger partial charge in [0, 0.05) is 30.5 Å². The Labute approximate surface area is 153 Å². The third kappa shape index (κ3) is 7.07. The Hall–Kier alpha value is -2.18. The summed E-state index contributed by atoms with van der Waals surface area (Å²) in [5, 5.41) is 6.72. The smallest absolute Gasteiger partial charge is 0.254 e. The number of carbonyl (C=O) groups excluding carboxylic acids is 1. The van der Waals surface area contributed by atoms with Gasteiger partial charge in [-0.3, -0.25) is 4.79 Å². The van der Waals surface area contributed by atoms with E-state index in [2.05, 4.69) is 25.5 Å². The number of rotatable bonds is 9. The van der Waals surface area contributed by atoms with Crippen LogP contribution in [0.3, 0.4) is 0 Å². The maximum absolute atomic E-state index is 12.1. The highest BCUT2D eigenvalue weighted by Crippen LogP contribution is 2.09. The van der Waals surface area contributed by atoms with Crippen molar-refractivity contribution in [3.63, 3.8) is 0 Å². The predicted molar refractivity (Wildman–Crippen MR) is 101 cm³/mol. The van der Waals surface area contributed by atoms with Gasteiger partial charge >= 0.3 is 0 Å². The highest BCUT2D eigenvalue weighted by molar-refractivity contribution is 6.30. The molecule has 0 atom stereocenters. The molecule has 2 aromatic rings. The number of nitrogens with one attached hydrogen (secondary N) is 2. The first-order valence-electron chi connectivity index (χ1n) is 8.28. The zero-order valence-corrected chi connectivity index (χ0v) is 15.4. The molecule has 2 N–H and O–H groups in total. The van der Waals surface area contributed by atoms with Crippen molar-refractivity contribution in [1.29, 1.82) is 0 Å². The van der Waals surface area contributed by atoms with E-state index in [1.54, 1.807) is 12.4 Å². The molecule has 0 spiro atoms. The van der Waals surface area contributed by atoms with E-state index in [0.717, 1.165) is 31.5 Å². The summed E-state index contributed by atoms with van der Waals surface area (Å²) in [5.41, 5.74) is 1.58. The van der Waals surface area contributed by atoms with Gasteiger partial charge in [0.1, 0.15) is 0 Å². The standard InChI is InChI=1S/C18H24ClN5O/c1-24(2)11-3-9-21-18-22-12-15(13-23-18)17(25)20-10-8-14-4-6-16(19)7-5-14/h4-7,12-13H,3,8-11H2,1-2H3,(H,20,25)(H,21,22,23). The first kappa shape index (κ1) is 19.1. The number of hydrogen-bond acceptors (Lipinski definition) is 5. The lowest BCUT2D eigenvalue weighted by atomic mass is 10.1. The van der Waals surface area contributed by atoms with Crippen LogP contribution < -0.4 is 10.6 Å². The lowest BCUT2D eigenvalue weighted by molar-refractivity contribution is 0.0953. The number of benzene rings is 1. The third-order valence-corrected chi connectivity index (χ3v) is 3.84. The number of carbonyl (C=O) groups is 1. The van der Waals surface area contributed by atoms with Crippen LogP contribution in [0.5, 0.6) is 0 Å². The summed E-state index contributed by atoms with van der Waals surface area (Å²) in [6.45, 7) is 2.34. The van der Waals surface area contributed by atoms with Crippen LogP contribution in [0.2, 0.25) is 5.02 Å². The van der Waals surface area contributed by atoms with Crippen molar-refractivity contribution in [2.24, 2.45) is 0 Å². The molecule has 0 saturated heterocycles. The van der Waals surface area contributed by atoms with Gasteiger partial charge in [-0.2, -0.15) is 0 Å². The molecule has 1 aromatic carbocycles. The summed E-state index contributed by atoms with van der Waals surface area (Å²) in [4.78, 5) is 22.6. The summed E-state index contributed by atoms with van der Waals surface area (Å²) in [5.74, 6) is 0.365. The van der Waals surface area contributed by atoms with Crippen molar-refractivity contribution < 1.29 is 4.79 Å². The van der Waals surface area contributed by atoms with E-state index in [4.69, 9.17) is 11.6 Å². The molecule has 0 bridgehead atoms. The summed E-state index contributed by atoms with van der Waals surface area (Å²) < 4.78 is 0. The number of aromatic nitrogens is 2. The third-order valence-electron chi connectivity index (χ3n) is 3.59. The molecule has 0 saturated carbocycles. The second-order valence-corrected chi connectivity index (χ2v) is 6.45. The number of amides is 1. The van der Waals surface area contributed by atoms with Crippen LogP contribution in [0.4, 0.5) is 5.95 Å². The van der Waals surface area contributed by atoms with Crippen molar-refractivity contribution >= 4 is 23.5 Å². The molecule has 0 radical (unpaired) electrons. The van der Waals surface area contributed by atoms with E-state index in [-0.39, 0.29) is 5.91 Å². The van der Waals surface area contributed by atoms with Gasteiger partial charge in [0.15, 0.2) is 0 Å². The Morgan fingerprint density at radius 2 is 1.80 bits per heavy atom. The molecule has 1 heterocycles. The van der Waals surface area contributed by atoms with Crippen LogP contribution in [0, 0.1) is 0 Å². The van der Waals surface area contributed by atoms with Crippen LogP contribution in [-0.2, 0) is 6.42 Å². The van der Waals surface area contributed by atoms with Gasteiger partial charge in [0.25, 0.3) is 5.91 Å². The lowest BCUT2D eigenvalue weighted by Crippen LogP contribution is -2.26. The highest BCUT2D eigenvalue weighted by Gasteiger charge is 2.06. The van der Waals surface area contributed by atoms with E-state index in [0.29, 0.717) is 23.1 Å². The van der Waals surface area contributed by atoms with Crippen LogP contribution in [-0.4, -0.2) is 54.5 Å². The fraction of sp³-hybridized carbons (Fsp3) is 0.389. The molecular formula is C18H24ClN5O. The van der Waals surface area contributed by atoms with Gasteiger partial charge < -0.3 is 15.5 Å². The topological polar surface area (TPSA) is 70.2 Å². The minimum absolute atomic E-state index is 0.173. The monoisotopic (exact) mass is 361 g/mol. The molecule has 0 fully saturated rings. The number of hydrogen-bond donors (Lipinski definition) is 2. The summed E-state index contributed by atoms with van der Waals surface area (Å²) >= 11 is 5.85. The Morgan fingerprint density at radius 1 is 1.12 bits per heavy atom. The summed E-state index contributed by atoms with van der Waals surface area (Å²) in [6.07, 6.45) is 4.83. The zero-order valence-electron chi connectivity index (χ0n) is 14.6. The Morgan fingerprint density at radius 3 is 2.44 bits per heavy atom. The zero-order chi connectivity index (χ0) is 18.1. The van der Waals surface area contributed by atoms with Crippen LogP contribution in [0.15, 0.2) is 36.7 Å². The van der Waals surface area contributed by atoms with Crippen LogP contribution in [0.25, 0.3) is 0 Å². The molecule has 25 heavy (non-hydrogen) atoms. The fourth-order valence-electron chi connectivity index (χ4n) is 2.21. The molecule has 2 rings (SSSR count). The van der Waals surface area contributed by atoms with E-state index < -0.39 is 0 Å². The quantitative estimate of drug-likeness (QED) is 0.671. The number of nitrogens with zero attached hydrogens (tertiary/aromatic N) is 3. The molecule has 0 unspecified atom stereocenters. The fourth-order valence-corrected chi connectivity index (χ4v) is 2.33. The molecule has 1 amide bonds. The second-order valence-electron chi connectivity index (χ2n) is 6.01. The second kappa shape index (κ2) is 9.96. The summed E-state index contributed by atoms with van der Waals surface area (Å²) in [6, 6.07) is 7.59. The van der Waals surface area contributed by atoms with Gasteiger partial charge in [0.05, 0.1) is 5.56 Å². The SMILES string of the molecule is CN(C)CCCNc1ncc(C(=O)NCCc2ccc(Cl)cc2)cn1. The van der Waals surface area contributed by atoms with E-state index >= 15 is 0 Å². The minimum Gasteiger partial charge on any atom is -0.354 e. The molecule has 6 nitrogen and oxygen atoms in total. The van der Waals surface area contributed by atoms with Gasteiger partial charge in [-0.15, -0.1) is 0 Å². The molecule has 0 aliphatic rings. The first-order chi connectivity index (χ1) is 12.0. The Balaban J connectivity index is 1.73. The highest BCUT2D eigenvalue weighted by atomic mass is 35.5. The largest absolute Gasteiger partial charge is 0.354 e. The average molecular weight is 362 g/mol. The molecule has 7 heteroatoms. The maximum atomic E-state index is 12.1. The van der Waals surface area contributed by atoms with Crippen molar-refractivity contribution in [2.45, 2.75) is 12.8 Å². The van der Waals surface area contributed by atoms with E-state index in [9.17, 15) is 4.79 Å². The van der Waals surface area contributed by atoms with E-state index in [1.807, 2.05) is 38.4 Å². The predicted octanol–water partition coefficient (Wildman–Crippen LogP) is 2.47. The maximum Gasteiger partial charge on any atom is 0.254 e. The van der Waals surface area contributed by atoms with Crippen molar-refractivity contribution in [3.05, 3.63) is 52.8 Å². The number of halogens is 1. The normalized spacial score (nSPS) is 10.7. The molecule has 0 aliphatic carbocycles.